The first-order valence-electron chi connectivity index (χ1n) is 8.03. The van der Waals surface area contributed by atoms with Crippen molar-refractivity contribution in [2.24, 2.45) is 11.3 Å². The van der Waals surface area contributed by atoms with E-state index in [0.717, 1.165) is 18.4 Å². The van der Waals surface area contributed by atoms with Crippen molar-refractivity contribution in [3.05, 3.63) is 34.9 Å². The zero-order valence-electron chi connectivity index (χ0n) is 14.3. The number of ether oxygens (including phenoxy) is 4. The first-order chi connectivity index (χ1) is 11.6. The Kier molecular flexibility index (Phi) is 7.65. The summed E-state index contributed by atoms with van der Waals surface area (Å²) in [5, 5.41) is 0.702. The van der Waals surface area contributed by atoms with Crippen LogP contribution in [0.15, 0.2) is 24.3 Å². The van der Waals surface area contributed by atoms with E-state index < -0.39 is 5.41 Å². The van der Waals surface area contributed by atoms with Gasteiger partial charge in [-0.15, -0.1) is 0 Å². The zero-order chi connectivity index (χ0) is 17.4. The fourth-order valence-corrected chi connectivity index (χ4v) is 3.57. The quantitative estimate of drug-likeness (QED) is 0.476. The molecule has 1 aliphatic carbocycles. The molecule has 24 heavy (non-hydrogen) atoms. The van der Waals surface area contributed by atoms with Gasteiger partial charge in [0.2, 0.25) is 0 Å². The van der Waals surface area contributed by atoms with Gasteiger partial charge in [0.25, 0.3) is 0 Å². The van der Waals surface area contributed by atoms with Crippen LogP contribution in [-0.4, -0.2) is 46.8 Å². The van der Waals surface area contributed by atoms with Gasteiger partial charge in [0.1, 0.15) is 19.4 Å². The van der Waals surface area contributed by atoms with Crippen molar-refractivity contribution in [2.75, 3.05) is 41.0 Å². The minimum absolute atomic E-state index is 0.136. The minimum atomic E-state index is -0.667. The molecule has 1 saturated carbocycles. The molecule has 1 aromatic rings. The summed E-state index contributed by atoms with van der Waals surface area (Å²) in [5.74, 6) is 0.318. The monoisotopic (exact) mass is 356 g/mol. The Hall–Kier alpha value is -0.980. The van der Waals surface area contributed by atoms with E-state index >= 15 is 0 Å². The zero-order valence-corrected chi connectivity index (χ0v) is 15.0. The molecule has 0 N–H and O–H groups in total. The molecule has 1 atom stereocenters. The van der Waals surface area contributed by atoms with E-state index in [0.29, 0.717) is 11.4 Å². The molecule has 2 rings (SSSR count). The molecule has 0 bridgehead atoms. The van der Waals surface area contributed by atoms with E-state index in [9.17, 15) is 4.79 Å². The summed E-state index contributed by atoms with van der Waals surface area (Å²) in [7, 11) is 3.13. The number of hydrogen-bond acceptors (Lipinski definition) is 5. The Labute approximate surface area is 148 Å². The third-order valence-electron chi connectivity index (χ3n) is 4.55. The van der Waals surface area contributed by atoms with Crippen LogP contribution in [0.2, 0.25) is 5.02 Å². The van der Waals surface area contributed by atoms with Gasteiger partial charge < -0.3 is 18.9 Å². The lowest BCUT2D eigenvalue weighted by atomic mass is 9.75. The SMILES string of the molecule is COCOCC1(COCOC)C(=O)CCC1Cc1cccc(Cl)c1. The van der Waals surface area contributed by atoms with Crippen LogP contribution in [0.5, 0.6) is 0 Å². The van der Waals surface area contributed by atoms with Crippen molar-refractivity contribution in [1.82, 2.24) is 0 Å². The largest absolute Gasteiger partial charge is 0.359 e. The number of hydrogen-bond donors (Lipinski definition) is 0. The molecule has 1 aromatic carbocycles. The van der Waals surface area contributed by atoms with Gasteiger partial charge in [0, 0.05) is 25.7 Å². The summed E-state index contributed by atoms with van der Waals surface area (Å²) in [6.07, 6.45) is 2.12. The molecule has 0 aromatic heterocycles. The summed E-state index contributed by atoms with van der Waals surface area (Å²) in [4.78, 5) is 12.7. The lowest BCUT2D eigenvalue weighted by Crippen LogP contribution is -2.43. The van der Waals surface area contributed by atoms with E-state index in [1.54, 1.807) is 14.2 Å². The highest BCUT2D eigenvalue weighted by molar-refractivity contribution is 6.30. The van der Waals surface area contributed by atoms with Gasteiger partial charge in [0.05, 0.1) is 18.6 Å². The number of carbonyl (C=O) groups is 1. The second-order valence-corrected chi connectivity index (χ2v) is 6.60. The van der Waals surface area contributed by atoms with Crippen LogP contribution >= 0.6 is 11.6 Å². The third kappa shape index (κ3) is 4.77. The fourth-order valence-electron chi connectivity index (χ4n) is 3.36. The van der Waals surface area contributed by atoms with Crippen molar-refractivity contribution in [2.45, 2.75) is 19.3 Å². The Balaban J connectivity index is 2.16. The summed E-state index contributed by atoms with van der Waals surface area (Å²) in [6.45, 7) is 0.885. The van der Waals surface area contributed by atoms with Gasteiger partial charge in [-0.25, -0.2) is 0 Å². The van der Waals surface area contributed by atoms with Crippen LogP contribution in [-0.2, 0) is 30.2 Å². The Morgan fingerprint density at radius 2 is 1.83 bits per heavy atom. The highest BCUT2D eigenvalue weighted by atomic mass is 35.5. The van der Waals surface area contributed by atoms with E-state index in [-0.39, 0.29) is 38.5 Å². The number of methoxy groups -OCH3 is 2. The van der Waals surface area contributed by atoms with Gasteiger partial charge in [0.15, 0.2) is 0 Å². The minimum Gasteiger partial charge on any atom is -0.359 e. The normalized spacial score (nSPS) is 19.8. The van der Waals surface area contributed by atoms with Gasteiger partial charge in [-0.2, -0.15) is 0 Å². The Morgan fingerprint density at radius 3 is 2.42 bits per heavy atom. The molecular formula is C18H25ClO5. The van der Waals surface area contributed by atoms with Gasteiger partial charge in [-0.05, 0) is 36.5 Å². The molecule has 0 spiro atoms. The van der Waals surface area contributed by atoms with E-state index in [1.807, 2.05) is 24.3 Å². The maximum atomic E-state index is 12.7. The van der Waals surface area contributed by atoms with Gasteiger partial charge >= 0.3 is 0 Å². The number of rotatable bonds is 10. The van der Waals surface area contributed by atoms with Crippen LogP contribution in [0.4, 0.5) is 0 Å². The smallest absolute Gasteiger partial charge is 0.146 e. The van der Waals surface area contributed by atoms with E-state index in [2.05, 4.69) is 0 Å². The molecule has 5 nitrogen and oxygen atoms in total. The molecule has 1 unspecified atom stereocenters. The van der Waals surface area contributed by atoms with Gasteiger partial charge in [-0.1, -0.05) is 23.7 Å². The molecule has 0 heterocycles. The predicted octanol–water partition coefficient (Wildman–Crippen LogP) is 3.09. The summed E-state index contributed by atoms with van der Waals surface area (Å²) < 4.78 is 21.1. The summed E-state index contributed by atoms with van der Waals surface area (Å²) >= 11 is 6.09. The predicted molar refractivity (Wildman–Crippen MR) is 91.0 cm³/mol. The molecule has 0 aliphatic heterocycles. The summed E-state index contributed by atoms with van der Waals surface area (Å²) in [6, 6.07) is 7.76. The second kappa shape index (κ2) is 9.49. The number of Topliss-reactive ketones (excluding diaryl/α,β-unsaturated/α-hetero) is 1. The molecule has 1 fully saturated rings. The maximum Gasteiger partial charge on any atom is 0.146 e. The molecule has 6 heteroatoms. The van der Waals surface area contributed by atoms with E-state index in [1.165, 1.54) is 0 Å². The number of halogens is 1. The Morgan fingerprint density at radius 1 is 1.17 bits per heavy atom. The fraction of sp³-hybridized carbons (Fsp3) is 0.611. The molecular weight excluding hydrogens is 332 g/mol. The van der Waals surface area contributed by atoms with Crippen LogP contribution < -0.4 is 0 Å². The van der Waals surface area contributed by atoms with Crippen molar-refractivity contribution >= 4 is 17.4 Å². The highest BCUT2D eigenvalue weighted by Crippen LogP contribution is 2.43. The lowest BCUT2D eigenvalue weighted by molar-refractivity contribution is -0.150. The Bertz CT molecular complexity index is 524. The van der Waals surface area contributed by atoms with Crippen molar-refractivity contribution < 1.29 is 23.7 Å². The number of ketones is 1. The van der Waals surface area contributed by atoms with Crippen LogP contribution in [0.1, 0.15) is 18.4 Å². The van der Waals surface area contributed by atoms with Crippen LogP contribution in [0.3, 0.4) is 0 Å². The highest BCUT2D eigenvalue weighted by Gasteiger charge is 2.50. The second-order valence-electron chi connectivity index (χ2n) is 6.16. The standard InChI is InChI=1S/C18H25ClO5/c1-21-12-23-10-18(11-24-13-22-2)15(6-7-17(18)20)8-14-4-3-5-16(19)9-14/h3-5,9,15H,6-8,10-13H2,1-2H3. The van der Waals surface area contributed by atoms with Gasteiger partial charge in [-0.3, -0.25) is 4.79 Å². The average Bonchev–Trinajstić information content (AvgIpc) is 2.85. The molecule has 134 valence electrons. The average molecular weight is 357 g/mol. The number of carbonyl (C=O) groups excluding carboxylic acids is 1. The number of benzene rings is 1. The maximum absolute atomic E-state index is 12.7. The molecule has 1 aliphatic rings. The van der Waals surface area contributed by atoms with Crippen molar-refractivity contribution in [3.8, 4) is 0 Å². The van der Waals surface area contributed by atoms with Crippen LogP contribution in [0.25, 0.3) is 0 Å². The first kappa shape index (κ1) is 19.3. The molecule has 0 radical (unpaired) electrons. The third-order valence-corrected chi connectivity index (χ3v) is 4.78. The topological polar surface area (TPSA) is 54.0 Å². The molecule has 0 saturated heterocycles. The van der Waals surface area contributed by atoms with E-state index in [4.69, 9.17) is 30.5 Å². The molecule has 0 amide bonds. The summed E-state index contributed by atoms with van der Waals surface area (Å²) in [5.41, 5.74) is 0.449. The lowest BCUT2D eigenvalue weighted by Gasteiger charge is -2.33. The van der Waals surface area contributed by atoms with Crippen molar-refractivity contribution in [1.29, 1.82) is 0 Å². The van der Waals surface area contributed by atoms with Crippen molar-refractivity contribution in [3.63, 3.8) is 0 Å². The van der Waals surface area contributed by atoms with Crippen LogP contribution in [0, 0.1) is 11.3 Å². The first-order valence-corrected chi connectivity index (χ1v) is 8.41.